The van der Waals surface area contributed by atoms with Gasteiger partial charge in [-0.2, -0.15) is 0 Å². The highest BCUT2D eigenvalue weighted by molar-refractivity contribution is 5.85. The van der Waals surface area contributed by atoms with Crippen molar-refractivity contribution < 1.29 is 9.84 Å². The fourth-order valence-corrected chi connectivity index (χ4v) is 4.88. The Kier molecular flexibility index (Phi) is 8.31. The molecule has 0 amide bonds. The Morgan fingerprint density at radius 3 is 2.67 bits per heavy atom. The van der Waals surface area contributed by atoms with E-state index < -0.39 is 0 Å². The van der Waals surface area contributed by atoms with Gasteiger partial charge in [0.25, 0.3) is 0 Å². The van der Waals surface area contributed by atoms with Crippen LogP contribution in [-0.4, -0.2) is 35.2 Å². The number of benzene rings is 1. The van der Waals surface area contributed by atoms with Gasteiger partial charge >= 0.3 is 0 Å². The Bertz CT molecular complexity index is 821. The second kappa shape index (κ2) is 10.1. The smallest absolute Gasteiger partial charge is 0.132 e. The van der Waals surface area contributed by atoms with Crippen LogP contribution in [0.15, 0.2) is 17.7 Å². The molecular formula is C26H38ClNO2. The standard InChI is InChI=1S/C26H37NO2.ClH/c1-7-9-10-11-18(3)19(4)20-15-23(28)25-21-17-27(13-8-2)14-12-22(21)26(5,6)29-24(25)16-20;/h2,15-16,18-19,28H,7,9-14,17H2,1,3-6H3;1H. The molecule has 0 saturated heterocycles. The van der Waals surface area contributed by atoms with Crippen LogP contribution in [0.2, 0.25) is 0 Å². The second-order valence-electron chi connectivity index (χ2n) is 9.41. The molecule has 1 aromatic rings. The summed E-state index contributed by atoms with van der Waals surface area (Å²) in [6.45, 7) is 13.5. The highest BCUT2D eigenvalue weighted by Gasteiger charge is 2.39. The topological polar surface area (TPSA) is 32.7 Å². The minimum absolute atomic E-state index is 0. The van der Waals surface area contributed by atoms with Gasteiger partial charge in [0.05, 0.1) is 12.1 Å². The number of fused-ring (bicyclic) bond motifs is 2. The highest BCUT2D eigenvalue weighted by Crippen LogP contribution is 2.49. The summed E-state index contributed by atoms with van der Waals surface area (Å²) in [4.78, 5) is 2.27. The number of halogens is 1. The molecule has 4 heteroatoms. The summed E-state index contributed by atoms with van der Waals surface area (Å²) in [5.74, 6) is 4.88. The van der Waals surface area contributed by atoms with E-state index >= 15 is 0 Å². The lowest BCUT2D eigenvalue weighted by atomic mass is 9.79. The summed E-state index contributed by atoms with van der Waals surface area (Å²) >= 11 is 0. The van der Waals surface area contributed by atoms with Gasteiger partial charge in [-0.05, 0) is 60.9 Å². The molecular weight excluding hydrogens is 394 g/mol. The van der Waals surface area contributed by atoms with Gasteiger partial charge in [-0.3, -0.25) is 4.90 Å². The van der Waals surface area contributed by atoms with E-state index in [4.69, 9.17) is 11.2 Å². The van der Waals surface area contributed by atoms with Gasteiger partial charge < -0.3 is 9.84 Å². The average molecular weight is 432 g/mol. The van der Waals surface area contributed by atoms with E-state index in [9.17, 15) is 5.11 Å². The molecule has 0 spiro atoms. The average Bonchev–Trinajstić information content (AvgIpc) is 2.66. The third-order valence-corrected chi connectivity index (χ3v) is 6.88. The summed E-state index contributed by atoms with van der Waals surface area (Å²) in [6, 6.07) is 4.13. The zero-order chi connectivity index (χ0) is 21.2. The SMILES string of the molecule is C#CCN1CCC2=C(C1)c1c(O)cc(C(C)C(C)CCCCC)cc1OC2(C)C.Cl. The van der Waals surface area contributed by atoms with Crippen LogP contribution < -0.4 is 4.74 Å². The number of phenolic OH excluding ortho intramolecular Hbond substituents is 1. The number of unbranched alkanes of at least 4 members (excludes halogenated alkanes) is 2. The molecule has 2 atom stereocenters. The Hall–Kier alpha value is -1.63. The monoisotopic (exact) mass is 431 g/mol. The largest absolute Gasteiger partial charge is 0.507 e. The maximum atomic E-state index is 11.0. The van der Waals surface area contributed by atoms with E-state index in [2.05, 4.69) is 51.5 Å². The summed E-state index contributed by atoms with van der Waals surface area (Å²) in [6.07, 6.45) is 11.5. The van der Waals surface area contributed by atoms with E-state index in [-0.39, 0.29) is 18.0 Å². The molecule has 3 rings (SSSR count). The quantitative estimate of drug-likeness (QED) is 0.400. The van der Waals surface area contributed by atoms with E-state index in [0.29, 0.717) is 24.1 Å². The lowest BCUT2D eigenvalue weighted by Gasteiger charge is -2.42. The maximum Gasteiger partial charge on any atom is 0.132 e. The number of nitrogens with zero attached hydrogens (tertiary/aromatic N) is 1. The van der Waals surface area contributed by atoms with Crippen LogP contribution in [0.3, 0.4) is 0 Å². The molecule has 2 unspecified atom stereocenters. The molecule has 1 aromatic carbocycles. The third-order valence-electron chi connectivity index (χ3n) is 6.88. The van der Waals surface area contributed by atoms with Crippen molar-refractivity contribution in [1.82, 2.24) is 4.90 Å². The fourth-order valence-electron chi connectivity index (χ4n) is 4.88. The van der Waals surface area contributed by atoms with Gasteiger partial charge in [-0.1, -0.05) is 52.4 Å². The first-order valence-electron chi connectivity index (χ1n) is 11.2. The molecule has 0 fully saturated rings. The van der Waals surface area contributed by atoms with Gasteiger partial charge in [-0.25, -0.2) is 0 Å². The normalized spacial score (nSPS) is 19.6. The molecule has 3 nitrogen and oxygen atoms in total. The minimum atomic E-state index is -0.356. The molecule has 0 radical (unpaired) electrons. The molecule has 0 aliphatic carbocycles. The minimum Gasteiger partial charge on any atom is -0.507 e. The van der Waals surface area contributed by atoms with Gasteiger partial charge in [0.2, 0.25) is 0 Å². The molecule has 1 N–H and O–H groups in total. The molecule has 0 bridgehead atoms. The molecule has 0 aromatic heterocycles. The number of aromatic hydroxyl groups is 1. The van der Waals surface area contributed by atoms with Crippen LogP contribution in [-0.2, 0) is 0 Å². The Morgan fingerprint density at radius 1 is 1.27 bits per heavy atom. The molecule has 166 valence electrons. The molecule has 0 saturated carbocycles. The van der Waals surface area contributed by atoms with E-state index in [0.717, 1.165) is 30.8 Å². The summed E-state index contributed by atoms with van der Waals surface area (Å²) in [5.41, 5.74) is 4.18. The van der Waals surface area contributed by atoms with Crippen molar-refractivity contribution in [2.75, 3.05) is 19.6 Å². The van der Waals surface area contributed by atoms with Crippen molar-refractivity contribution in [3.05, 3.63) is 28.8 Å². The van der Waals surface area contributed by atoms with Crippen LogP contribution in [0.25, 0.3) is 5.57 Å². The number of hydrogen-bond donors (Lipinski definition) is 1. The lowest BCUT2D eigenvalue weighted by molar-refractivity contribution is 0.131. The van der Waals surface area contributed by atoms with Crippen LogP contribution in [0.4, 0.5) is 0 Å². The first kappa shape index (κ1) is 24.6. The van der Waals surface area contributed by atoms with Crippen LogP contribution in [0, 0.1) is 18.3 Å². The Morgan fingerprint density at radius 2 is 2.00 bits per heavy atom. The van der Waals surface area contributed by atoms with Gasteiger partial charge in [0.1, 0.15) is 17.1 Å². The van der Waals surface area contributed by atoms with Crippen LogP contribution >= 0.6 is 12.4 Å². The fraction of sp³-hybridized carbons (Fsp3) is 0.615. The van der Waals surface area contributed by atoms with Crippen molar-refractivity contribution in [3.63, 3.8) is 0 Å². The number of ether oxygens (including phenoxy) is 1. The number of phenols is 1. The molecule has 30 heavy (non-hydrogen) atoms. The van der Waals surface area contributed by atoms with Crippen molar-refractivity contribution in [2.24, 2.45) is 5.92 Å². The highest BCUT2D eigenvalue weighted by atomic mass is 35.5. The van der Waals surface area contributed by atoms with E-state index in [1.165, 1.54) is 42.4 Å². The van der Waals surface area contributed by atoms with Crippen LogP contribution in [0.1, 0.15) is 83.8 Å². The second-order valence-corrected chi connectivity index (χ2v) is 9.41. The molecule has 2 aliphatic heterocycles. The molecule has 2 aliphatic rings. The zero-order valence-corrected chi connectivity index (χ0v) is 20.1. The lowest BCUT2D eigenvalue weighted by Crippen LogP contribution is -2.42. The predicted molar refractivity (Wildman–Crippen MR) is 129 cm³/mol. The van der Waals surface area contributed by atoms with Gasteiger partial charge in [0, 0.05) is 13.1 Å². The number of terminal acetylenes is 1. The predicted octanol–water partition coefficient (Wildman–Crippen LogP) is 6.40. The van der Waals surface area contributed by atoms with Crippen molar-refractivity contribution in [3.8, 4) is 23.8 Å². The van der Waals surface area contributed by atoms with E-state index in [1.807, 2.05) is 6.07 Å². The maximum absolute atomic E-state index is 11.0. The summed E-state index contributed by atoms with van der Waals surface area (Å²) < 4.78 is 6.46. The third kappa shape index (κ3) is 4.98. The Labute approximate surface area is 189 Å². The number of rotatable bonds is 7. The first-order valence-corrected chi connectivity index (χ1v) is 11.2. The van der Waals surface area contributed by atoms with Crippen molar-refractivity contribution in [2.45, 2.75) is 78.2 Å². The zero-order valence-electron chi connectivity index (χ0n) is 19.3. The summed E-state index contributed by atoms with van der Waals surface area (Å²) in [7, 11) is 0. The number of hydrogen-bond acceptors (Lipinski definition) is 3. The summed E-state index contributed by atoms with van der Waals surface area (Å²) in [5, 5.41) is 11.0. The molecule has 2 heterocycles. The first-order chi connectivity index (χ1) is 13.8. The van der Waals surface area contributed by atoms with Crippen LogP contribution in [0.5, 0.6) is 11.5 Å². The van der Waals surface area contributed by atoms with Crippen molar-refractivity contribution in [1.29, 1.82) is 0 Å². The van der Waals surface area contributed by atoms with Gasteiger partial charge in [-0.15, -0.1) is 18.8 Å². The van der Waals surface area contributed by atoms with E-state index in [1.54, 1.807) is 0 Å². The van der Waals surface area contributed by atoms with Crippen molar-refractivity contribution >= 4 is 18.0 Å². The Balaban J connectivity index is 0.00000320. The van der Waals surface area contributed by atoms with Gasteiger partial charge in [0.15, 0.2) is 0 Å².